The number of rotatable bonds is 7. The van der Waals surface area contributed by atoms with Crippen LogP contribution < -0.4 is 11.1 Å². The van der Waals surface area contributed by atoms with E-state index in [1.54, 1.807) is 6.92 Å². The summed E-state index contributed by atoms with van der Waals surface area (Å²) in [5.74, 6) is -0.0701. The molecule has 1 aromatic rings. The third kappa shape index (κ3) is 4.82. The van der Waals surface area contributed by atoms with Crippen LogP contribution in [0.3, 0.4) is 0 Å². The predicted molar refractivity (Wildman–Crippen MR) is 90.3 cm³/mol. The van der Waals surface area contributed by atoms with E-state index in [-0.39, 0.29) is 5.91 Å². The van der Waals surface area contributed by atoms with Gasteiger partial charge in [0.25, 0.3) is 0 Å². The normalized spacial score (nSPS) is 18.1. The first-order chi connectivity index (χ1) is 10.5. The Morgan fingerprint density at radius 2 is 2.00 bits per heavy atom. The highest BCUT2D eigenvalue weighted by molar-refractivity contribution is 5.85. The van der Waals surface area contributed by atoms with Gasteiger partial charge in [0.05, 0.1) is 5.54 Å². The molecule has 1 fully saturated rings. The lowest BCUT2D eigenvalue weighted by Crippen LogP contribution is -2.51. The van der Waals surface area contributed by atoms with E-state index >= 15 is 0 Å². The standard InChI is InChI=1S/C18H29N3O/c1-3-9-18(2,19)17(22)20-13-15-7-6-8-16(12-15)14-21-10-4-5-11-21/h6-8,12H,3-5,9-11,13-14,19H2,1-2H3,(H,20,22). The number of nitrogens with one attached hydrogen (secondary N) is 1. The van der Waals surface area contributed by atoms with E-state index < -0.39 is 5.54 Å². The topological polar surface area (TPSA) is 58.4 Å². The molecular formula is C18H29N3O. The van der Waals surface area contributed by atoms with Gasteiger partial charge in [-0.15, -0.1) is 0 Å². The van der Waals surface area contributed by atoms with Crippen molar-refractivity contribution >= 4 is 5.91 Å². The lowest BCUT2D eigenvalue weighted by molar-refractivity contribution is -0.126. The summed E-state index contributed by atoms with van der Waals surface area (Å²) >= 11 is 0. The maximum absolute atomic E-state index is 12.1. The molecule has 122 valence electrons. The lowest BCUT2D eigenvalue weighted by atomic mass is 9.96. The molecule has 22 heavy (non-hydrogen) atoms. The van der Waals surface area contributed by atoms with Crippen LogP contribution >= 0.6 is 0 Å². The summed E-state index contributed by atoms with van der Waals surface area (Å²) in [5, 5.41) is 2.97. The van der Waals surface area contributed by atoms with Gasteiger partial charge in [0.1, 0.15) is 0 Å². The molecule has 0 aromatic heterocycles. The van der Waals surface area contributed by atoms with Crippen LogP contribution in [0, 0.1) is 0 Å². The Bertz CT molecular complexity index is 493. The van der Waals surface area contributed by atoms with Gasteiger partial charge < -0.3 is 11.1 Å². The molecule has 3 N–H and O–H groups in total. The summed E-state index contributed by atoms with van der Waals surface area (Å²) in [6.07, 6.45) is 4.23. The highest BCUT2D eigenvalue weighted by atomic mass is 16.2. The zero-order valence-electron chi connectivity index (χ0n) is 13.9. The molecule has 1 saturated heterocycles. The summed E-state index contributed by atoms with van der Waals surface area (Å²) < 4.78 is 0. The quantitative estimate of drug-likeness (QED) is 0.813. The molecule has 2 rings (SSSR count). The van der Waals surface area contributed by atoms with Gasteiger partial charge in [-0.1, -0.05) is 37.6 Å². The van der Waals surface area contributed by atoms with Crippen molar-refractivity contribution < 1.29 is 4.79 Å². The third-order valence-electron chi connectivity index (χ3n) is 4.34. The van der Waals surface area contributed by atoms with Crippen LogP contribution in [-0.2, 0) is 17.9 Å². The maximum atomic E-state index is 12.1. The van der Waals surface area contributed by atoms with Crippen molar-refractivity contribution in [3.05, 3.63) is 35.4 Å². The number of nitrogens with zero attached hydrogens (tertiary/aromatic N) is 1. The number of hydrogen-bond donors (Lipinski definition) is 2. The van der Waals surface area contributed by atoms with Crippen molar-refractivity contribution in [3.8, 4) is 0 Å². The van der Waals surface area contributed by atoms with Gasteiger partial charge in [0.15, 0.2) is 0 Å². The molecule has 0 aliphatic carbocycles. The van der Waals surface area contributed by atoms with Crippen LogP contribution in [0.1, 0.15) is 50.7 Å². The first-order valence-corrected chi connectivity index (χ1v) is 8.38. The second kappa shape index (κ2) is 7.75. The molecule has 1 heterocycles. The number of hydrogen-bond acceptors (Lipinski definition) is 3. The van der Waals surface area contributed by atoms with Gasteiger partial charge in [-0.05, 0) is 50.4 Å². The van der Waals surface area contributed by atoms with Gasteiger partial charge in [0.2, 0.25) is 5.91 Å². The number of nitrogens with two attached hydrogens (primary N) is 1. The summed E-state index contributed by atoms with van der Waals surface area (Å²) in [6, 6.07) is 8.47. The van der Waals surface area contributed by atoms with Crippen molar-refractivity contribution in [3.63, 3.8) is 0 Å². The fraction of sp³-hybridized carbons (Fsp3) is 0.611. The zero-order chi connectivity index (χ0) is 16.0. The summed E-state index contributed by atoms with van der Waals surface area (Å²) in [6.45, 7) is 7.79. The number of carbonyl (C=O) groups is 1. The lowest BCUT2D eigenvalue weighted by Gasteiger charge is -2.23. The Hall–Kier alpha value is -1.39. The van der Waals surface area contributed by atoms with E-state index in [1.165, 1.54) is 31.5 Å². The highest BCUT2D eigenvalue weighted by Gasteiger charge is 2.26. The molecular weight excluding hydrogens is 274 g/mol. The number of carbonyl (C=O) groups excluding carboxylic acids is 1. The average molecular weight is 303 g/mol. The van der Waals surface area contributed by atoms with E-state index in [0.29, 0.717) is 13.0 Å². The Morgan fingerprint density at radius 1 is 1.32 bits per heavy atom. The number of amides is 1. The molecule has 1 aliphatic heterocycles. The van der Waals surface area contributed by atoms with Gasteiger partial charge in [0, 0.05) is 13.1 Å². The van der Waals surface area contributed by atoms with E-state index in [0.717, 1.165) is 18.5 Å². The first-order valence-electron chi connectivity index (χ1n) is 8.38. The minimum atomic E-state index is -0.776. The monoisotopic (exact) mass is 303 g/mol. The summed E-state index contributed by atoms with van der Waals surface area (Å²) in [7, 11) is 0. The van der Waals surface area contributed by atoms with Crippen molar-refractivity contribution in [2.24, 2.45) is 5.73 Å². The Morgan fingerprint density at radius 3 is 2.68 bits per heavy atom. The van der Waals surface area contributed by atoms with Crippen molar-refractivity contribution in [1.29, 1.82) is 0 Å². The molecule has 1 amide bonds. The molecule has 1 aromatic carbocycles. The maximum Gasteiger partial charge on any atom is 0.240 e. The van der Waals surface area contributed by atoms with Crippen LogP contribution in [0.2, 0.25) is 0 Å². The molecule has 1 aliphatic rings. The number of benzene rings is 1. The molecule has 0 radical (unpaired) electrons. The second-order valence-corrected chi connectivity index (χ2v) is 6.65. The minimum absolute atomic E-state index is 0.0701. The van der Waals surface area contributed by atoms with E-state index in [1.807, 2.05) is 6.92 Å². The smallest absolute Gasteiger partial charge is 0.240 e. The largest absolute Gasteiger partial charge is 0.350 e. The SMILES string of the molecule is CCCC(C)(N)C(=O)NCc1cccc(CN2CCCC2)c1. The number of likely N-dealkylation sites (tertiary alicyclic amines) is 1. The van der Waals surface area contributed by atoms with Crippen molar-refractivity contribution in [2.75, 3.05) is 13.1 Å². The predicted octanol–water partition coefficient (Wildman–Crippen LogP) is 2.42. The Balaban J connectivity index is 1.88. The average Bonchev–Trinajstić information content (AvgIpc) is 2.98. The minimum Gasteiger partial charge on any atom is -0.350 e. The fourth-order valence-electron chi connectivity index (χ4n) is 3.05. The second-order valence-electron chi connectivity index (χ2n) is 6.65. The summed E-state index contributed by atoms with van der Waals surface area (Å²) in [4.78, 5) is 14.6. The molecule has 0 saturated carbocycles. The van der Waals surface area contributed by atoms with Gasteiger partial charge in [-0.2, -0.15) is 0 Å². The van der Waals surface area contributed by atoms with Crippen LogP contribution in [-0.4, -0.2) is 29.4 Å². The van der Waals surface area contributed by atoms with E-state index in [2.05, 4.69) is 34.5 Å². The molecule has 4 nitrogen and oxygen atoms in total. The molecule has 4 heteroatoms. The molecule has 0 spiro atoms. The van der Waals surface area contributed by atoms with Crippen LogP contribution in [0.15, 0.2) is 24.3 Å². The van der Waals surface area contributed by atoms with Gasteiger partial charge in [-0.3, -0.25) is 9.69 Å². The molecule has 0 bridgehead atoms. The van der Waals surface area contributed by atoms with E-state index in [4.69, 9.17) is 5.73 Å². The van der Waals surface area contributed by atoms with Gasteiger partial charge in [-0.25, -0.2) is 0 Å². The fourth-order valence-corrected chi connectivity index (χ4v) is 3.05. The first kappa shape index (κ1) is 17.0. The molecule has 1 atom stereocenters. The Labute approximate surface area is 134 Å². The van der Waals surface area contributed by atoms with Crippen molar-refractivity contribution in [2.45, 2.75) is 58.2 Å². The van der Waals surface area contributed by atoms with Crippen LogP contribution in [0.25, 0.3) is 0 Å². The summed E-state index contributed by atoms with van der Waals surface area (Å²) in [5.41, 5.74) is 7.73. The third-order valence-corrected chi connectivity index (χ3v) is 4.34. The Kier molecular flexibility index (Phi) is 5.98. The van der Waals surface area contributed by atoms with E-state index in [9.17, 15) is 4.79 Å². The van der Waals surface area contributed by atoms with Crippen molar-refractivity contribution in [1.82, 2.24) is 10.2 Å². The van der Waals surface area contributed by atoms with Crippen LogP contribution in [0.5, 0.6) is 0 Å². The zero-order valence-corrected chi connectivity index (χ0v) is 13.9. The van der Waals surface area contributed by atoms with Gasteiger partial charge >= 0.3 is 0 Å². The van der Waals surface area contributed by atoms with Crippen LogP contribution in [0.4, 0.5) is 0 Å². The molecule has 1 unspecified atom stereocenters. The highest BCUT2D eigenvalue weighted by Crippen LogP contribution is 2.14.